The average molecular weight is 194 g/mol. The van der Waals surface area contributed by atoms with Crippen molar-refractivity contribution in [1.29, 1.82) is 0 Å². The van der Waals surface area contributed by atoms with Crippen LogP contribution in [0.5, 0.6) is 0 Å². The molecule has 3 unspecified atom stereocenters. The Morgan fingerprint density at radius 3 is 2.57 bits per heavy atom. The first-order valence-electron chi connectivity index (χ1n) is 5.93. The van der Waals surface area contributed by atoms with Gasteiger partial charge in [-0.25, -0.2) is 0 Å². The maximum absolute atomic E-state index is 10.4. The standard InChI is InChI=1S/C13H22O/c1-12(2)10-5-7-13(3,6-4-8-14)9-11(10)12/h8,10-11H,4-7,9H2,1-3H3. The second kappa shape index (κ2) is 3.08. The van der Waals surface area contributed by atoms with Crippen LogP contribution in [-0.4, -0.2) is 6.29 Å². The topological polar surface area (TPSA) is 17.1 Å². The molecule has 3 atom stereocenters. The lowest BCUT2D eigenvalue weighted by Crippen LogP contribution is -2.21. The summed E-state index contributed by atoms with van der Waals surface area (Å²) in [6, 6.07) is 0. The van der Waals surface area contributed by atoms with Crippen molar-refractivity contribution < 1.29 is 4.79 Å². The van der Waals surface area contributed by atoms with Crippen LogP contribution in [0, 0.1) is 22.7 Å². The Morgan fingerprint density at radius 2 is 2.00 bits per heavy atom. The Morgan fingerprint density at radius 1 is 1.29 bits per heavy atom. The van der Waals surface area contributed by atoms with E-state index in [4.69, 9.17) is 0 Å². The molecule has 2 aliphatic rings. The Balaban J connectivity index is 1.95. The zero-order valence-electron chi connectivity index (χ0n) is 9.68. The first-order chi connectivity index (χ1) is 6.49. The van der Waals surface area contributed by atoms with E-state index in [9.17, 15) is 4.79 Å². The van der Waals surface area contributed by atoms with E-state index < -0.39 is 0 Å². The smallest absolute Gasteiger partial charge is 0.120 e. The number of hydrogen-bond acceptors (Lipinski definition) is 1. The summed E-state index contributed by atoms with van der Waals surface area (Å²) in [5, 5.41) is 0. The van der Waals surface area contributed by atoms with Gasteiger partial charge in [0.1, 0.15) is 6.29 Å². The van der Waals surface area contributed by atoms with Crippen molar-refractivity contribution in [3.05, 3.63) is 0 Å². The third kappa shape index (κ3) is 1.51. The van der Waals surface area contributed by atoms with Gasteiger partial charge in [-0.2, -0.15) is 0 Å². The highest BCUT2D eigenvalue weighted by molar-refractivity contribution is 5.49. The second-order valence-electron chi connectivity index (χ2n) is 6.29. The summed E-state index contributed by atoms with van der Waals surface area (Å²) in [5.41, 5.74) is 1.08. The zero-order valence-corrected chi connectivity index (χ0v) is 9.68. The minimum atomic E-state index is 0.468. The number of hydrogen-bond donors (Lipinski definition) is 0. The van der Waals surface area contributed by atoms with Crippen LogP contribution in [0.2, 0.25) is 0 Å². The minimum absolute atomic E-state index is 0.468. The van der Waals surface area contributed by atoms with Crippen LogP contribution in [0.25, 0.3) is 0 Å². The van der Waals surface area contributed by atoms with Gasteiger partial charge < -0.3 is 4.79 Å². The molecule has 0 bridgehead atoms. The van der Waals surface area contributed by atoms with Gasteiger partial charge in [0.15, 0.2) is 0 Å². The SMILES string of the molecule is CC1(CCC=O)CCC2C(C1)C2(C)C. The molecular weight excluding hydrogens is 172 g/mol. The summed E-state index contributed by atoms with van der Waals surface area (Å²) in [5.74, 6) is 1.94. The van der Waals surface area contributed by atoms with Gasteiger partial charge in [-0.05, 0) is 48.3 Å². The monoisotopic (exact) mass is 194 g/mol. The Bertz CT molecular complexity index is 244. The van der Waals surface area contributed by atoms with Crippen LogP contribution >= 0.6 is 0 Å². The van der Waals surface area contributed by atoms with E-state index in [2.05, 4.69) is 20.8 Å². The van der Waals surface area contributed by atoms with Crippen molar-refractivity contribution in [3.8, 4) is 0 Å². The van der Waals surface area contributed by atoms with E-state index in [-0.39, 0.29) is 0 Å². The van der Waals surface area contributed by atoms with Gasteiger partial charge >= 0.3 is 0 Å². The van der Waals surface area contributed by atoms with Crippen LogP contribution in [0.1, 0.15) is 52.9 Å². The highest BCUT2D eigenvalue weighted by Crippen LogP contribution is 2.68. The average Bonchev–Trinajstić information content (AvgIpc) is 2.65. The highest BCUT2D eigenvalue weighted by Gasteiger charge is 2.60. The fraction of sp³-hybridized carbons (Fsp3) is 0.923. The number of carbonyl (C=O) groups is 1. The summed E-state index contributed by atoms with van der Waals surface area (Å²) in [6.45, 7) is 7.20. The fourth-order valence-corrected chi connectivity index (χ4v) is 3.61. The molecule has 0 aromatic rings. The number of carbonyl (C=O) groups excluding carboxylic acids is 1. The minimum Gasteiger partial charge on any atom is -0.303 e. The summed E-state index contributed by atoms with van der Waals surface area (Å²) in [4.78, 5) is 10.4. The molecule has 0 N–H and O–H groups in total. The molecular formula is C13H22O. The predicted octanol–water partition coefficient (Wildman–Crippen LogP) is 3.43. The molecule has 0 spiro atoms. The highest BCUT2D eigenvalue weighted by atomic mass is 16.1. The third-order valence-electron chi connectivity index (χ3n) is 4.93. The number of rotatable bonds is 3. The molecule has 80 valence electrons. The molecule has 0 aliphatic heterocycles. The van der Waals surface area contributed by atoms with Crippen LogP contribution in [-0.2, 0) is 4.79 Å². The Kier molecular flexibility index (Phi) is 2.24. The molecule has 2 rings (SSSR count). The van der Waals surface area contributed by atoms with Crippen molar-refractivity contribution in [2.75, 3.05) is 0 Å². The zero-order chi connectivity index (χ0) is 10.4. The number of fused-ring (bicyclic) bond motifs is 1. The van der Waals surface area contributed by atoms with E-state index in [1.54, 1.807) is 0 Å². The van der Waals surface area contributed by atoms with Crippen molar-refractivity contribution in [1.82, 2.24) is 0 Å². The molecule has 0 aromatic carbocycles. The van der Waals surface area contributed by atoms with Crippen LogP contribution in [0.3, 0.4) is 0 Å². The van der Waals surface area contributed by atoms with Gasteiger partial charge in [-0.15, -0.1) is 0 Å². The lowest BCUT2D eigenvalue weighted by molar-refractivity contribution is -0.108. The van der Waals surface area contributed by atoms with Crippen molar-refractivity contribution >= 4 is 6.29 Å². The van der Waals surface area contributed by atoms with Crippen molar-refractivity contribution in [2.24, 2.45) is 22.7 Å². The second-order valence-corrected chi connectivity index (χ2v) is 6.29. The van der Waals surface area contributed by atoms with Gasteiger partial charge in [0, 0.05) is 6.42 Å². The van der Waals surface area contributed by atoms with Crippen LogP contribution in [0.4, 0.5) is 0 Å². The van der Waals surface area contributed by atoms with Gasteiger partial charge in [0.25, 0.3) is 0 Å². The van der Waals surface area contributed by atoms with E-state index >= 15 is 0 Å². The first kappa shape index (κ1) is 10.2. The van der Waals surface area contributed by atoms with Crippen molar-refractivity contribution in [2.45, 2.75) is 52.9 Å². The molecule has 0 radical (unpaired) electrons. The molecule has 2 fully saturated rings. The Hall–Kier alpha value is -0.330. The molecule has 1 nitrogen and oxygen atoms in total. The molecule has 0 saturated heterocycles. The summed E-state index contributed by atoms with van der Waals surface area (Å²) in [7, 11) is 0. The summed E-state index contributed by atoms with van der Waals surface area (Å²) >= 11 is 0. The van der Waals surface area contributed by atoms with E-state index in [0.29, 0.717) is 10.8 Å². The molecule has 0 amide bonds. The van der Waals surface area contributed by atoms with Gasteiger partial charge in [0.2, 0.25) is 0 Å². The third-order valence-corrected chi connectivity index (χ3v) is 4.93. The fourth-order valence-electron chi connectivity index (χ4n) is 3.61. The molecule has 0 heterocycles. The molecule has 2 saturated carbocycles. The van der Waals surface area contributed by atoms with E-state index in [1.807, 2.05) is 0 Å². The molecule has 1 heteroatoms. The quantitative estimate of drug-likeness (QED) is 0.629. The van der Waals surface area contributed by atoms with Crippen molar-refractivity contribution in [3.63, 3.8) is 0 Å². The Labute approximate surface area is 87.3 Å². The predicted molar refractivity (Wildman–Crippen MR) is 58.0 cm³/mol. The molecule has 14 heavy (non-hydrogen) atoms. The van der Waals surface area contributed by atoms with Gasteiger partial charge in [-0.1, -0.05) is 20.8 Å². The van der Waals surface area contributed by atoms with Crippen LogP contribution < -0.4 is 0 Å². The lowest BCUT2D eigenvalue weighted by atomic mass is 9.73. The maximum atomic E-state index is 10.4. The van der Waals surface area contributed by atoms with Gasteiger partial charge in [-0.3, -0.25) is 0 Å². The molecule has 0 aromatic heterocycles. The van der Waals surface area contributed by atoms with E-state index in [0.717, 1.165) is 31.0 Å². The molecule has 2 aliphatic carbocycles. The van der Waals surface area contributed by atoms with E-state index in [1.165, 1.54) is 19.3 Å². The lowest BCUT2D eigenvalue weighted by Gasteiger charge is -2.32. The van der Waals surface area contributed by atoms with Gasteiger partial charge in [0.05, 0.1) is 0 Å². The summed E-state index contributed by atoms with van der Waals surface area (Å²) < 4.78 is 0. The largest absolute Gasteiger partial charge is 0.303 e. The van der Waals surface area contributed by atoms with Crippen LogP contribution in [0.15, 0.2) is 0 Å². The normalized spacial score (nSPS) is 44.2. The summed E-state index contributed by atoms with van der Waals surface area (Å²) in [6.07, 6.45) is 7.04. The number of aldehydes is 1. The maximum Gasteiger partial charge on any atom is 0.120 e. The first-order valence-corrected chi connectivity index (χ1v) is 5.93.